The predicted octanol–water partition coefficient (Wildman–Crippen LogP) is 3.03. The van der Waals surface area contributed by atoms with Crippen molar-refractivity contribution in [1.82, 2.24) is 0 Å². The lowest BCUT2D eigenvalue weighted by molar-refractivity contribution is -0.122. The minimum absolute atomic E-state index is 0.00195. The lowest BCUT2D eigenvalue weighted by atomic mass is 10.0. The van der Waals surface area contributed by atoms with E-state index >= 15 is 0 Å². The molecule has 0 atom stereocenters. The van der Waals surface area contributed by atoms with Crippen LogP contribution in [-0.2, 0) is 26.0 Å². The highest BCUT2D eigenvalue weighted by Crippen LogP contribution is 2.31. The SMILES string of the molecule is COCC(=O)N1CCCc2ccc(NS(=O)(=O)c3ccc(C)c(C)c3)cc21. The van der Waals surface area contributed by atoms with E-state index in [-0.39, 0.29) is 17.4 Å². The van der Waals surface area contributed by atoms with E-state index in [0.717, 1.165) is 35.2 Å². The number of ether oxygens (including phenoxy) is 1. The zero-order valence-electron chi connectivity index (χ0n) is 15.8. The average molecular weight is 388 g/mol. The quantitative estimate of drug-likeness (QED) is 0.854. The second-order valence-electron chi connectivity index (χ2n) is 6.78. The van der Waals surface area contributed by atoms with E-state index in [9.17, 15) is 13.2 Å². The second-order valence-corrected chi connectivity index (χ2v) is 8.46. The van der Waals surface area contributed by atoms with Gasteiger partial charge in [0.05, 0.1) is 10.6 Å². The number of rotatable bonds is 5. The van der Waals surface area contributed by atoms with Crippen molar-refractivity contribution < 1.29 is 17.9 Å². The number of hydrogen-bond donors (Lipinski definition) is 1. The molecule has 1 aliphatic heterocycles. The third-order valence-electron chi connectivity index (χ3n) is 4.81. The number of fused-ring (bicyclic) bond motifs is 1. The molecule has 0 saturated heterocycles. The number of carbonyl (C=O) groups excluding carboxylic acids is 1. The predicted molar refractivity (Wildman–Crippen MR) is 106 cm³/mol. The molecule has 6 nitrogen and oxygen atoms in total. The second kappa shape index (κ2) is 7.70. The molecular weight excluding hydrogens is 364 g/mol. The van der Waals surface area contributed by atoms with Gasteiger partial charge in [0.1, 0.15) is 6.61 Å². The molecule has 7 heteroatoms. The van der Waals surface area contributed by atoms with Crippen molar-refractivity contribution >= 4 is 27.3 Å². The summed E-state index contributed by atoms with van der Waals surface area (Å²) in [6, 6.07) is 10.4. The van der Waals surface area contributed by atoms with Gasteiger partial charge in [0.2, 0.25) is 0 Å². The van der Waals surface area contributed by atoms with Gasteiger partial charge in [-0.15, -0.1) is 0 Å². The van der Waals surface area contributed by atoms with Gasteiger partial charge in [0, 0.05) is 19.3 Å². The molecule has 0 bridgehead atoms. The molecule has 144 valence electrons. The van der Waals surface area contributed by atoms with Crippen LogP contribution >= 0.6 is 0 Å². The van der Waals surface area contributed by atoms with Crippen LogP contribution in [0.2, 0.25) is 0 Å². The van der Waals surface area contributed by atoms with Crippen molar-refractivity contribution in [2.75, 3.05) is 29.9 Å². The molecule has 0 aromatic heterocycles. The zero-order chi connectivity index (χ0) is 19.6. The monoisotopic (exact) mass is 388 g/mol. The minimum atomic E-state index is -3.71. The van der Waals surface area contributed by atoms with Gasteiger partial charge in [-0.1, -0.05) is 12.1 Å². The number of anilines is 2. The van der Waals surface area contributed by atoms with Crippen LogP contribution in [0.15, 0.2) is 41.3 Å². The Labute approximate surface area is 160 Å². The Bertz CT molecular complexity index is 970. The lowest BCUT2D eigenvalue weighted by Crippen LogP contribution is -2.37. The first-order valence-corrected chi connectivity index (χ1v) is 10.3. The van der Waals surface area contributed by atoms with E-state index in [1.807, 2.05) is 19.9 Å². The third kappa shape index (κ3) is 4.14. The number of nitrogens with zero attached hydrogens (tertiary/aromatic N) is 1. The summed E-state index contributed by atoms with van der Waals surface area (Å²) in [7, 11) is -2.22. The fourth-order valence-corrected chi connectivity index (χ4v) is 4.33. The molecule has 27 heavy (non-hydrogen) atoms. The van der Waals surface area contributed by atoms with Crippen molar-refractivity contribution in [2.45, 2.75) is 31.6 Å². The van der Waals surface area contributed by atoms with Crippen molar-refractivity contribution in [3.05, 3.63) is 53.1 Å². The van der Waals surface area contributed by atoms with Gasteiger partial charge in [-0.25, -0.2) is 8.42 Å². The number of nitrogens with one attached hydrogen (secondary N) is 1. The van der Waals surface area contributed by atoms with Gasteiger partial charge in [0.15, 0.2) is 0 Å². The molecule has 2 aromatic rings. The van der Waals surface area contributed by atoms with E-state index in [1.54, 1.807) is 35.2 Å². The van der Waals surface area contributed by atoms with Crippen LogP contribution in [-0.4, -0.2) is 34.6 Å². The topological polar surface area (TPSA) is 75.7 Å². The summed E-state index contributed by atoms with van der Waals surface area (Å²) in [5.41, 5.74) is 4.15. The largest absolute Gasteiger partial charge is 0.375 e. The molecule has 1 N–H and O–H groups in total. The summed E-state index contributed by atoms with van der Waals surface area (Å²) < 4.78 is 33.1. The maximum atomic E-state index is 12.7. The number of carbonyl (C=O) groups is 1. The number of benzene rings is 2. The van der Waals surface area contributed by atoms with Crippen LogP contribution in [0.5, 0.6) is 0 Å². The summed E-state index contributed by atoms with van der Waals surface area (Å²) in [6.07, 6.45) is 1.73. The van der Waals surface area contributed by atoms with Crippen molar-refractivity contribution in [1.29, 1.82) is 0 Å². The molecule has 0 fully saturated rings. The molecule has 0 spiro atoms. The number of sulfonamides is 1. The first kappa shape index (κ1) is 19.4. The van der Waals surface area contributed by atoms with Crippen LogP contribution in [0.1, 0.15) is 23.1 Å². The Kier molecular flexibility index (Phi) is 5.53. The van der Waals surface area contributed by atoms with E-state index in [1.165, 1.54) is 7.11 Å². The molecule has 1 aliphatic rings. The first-order chi connectivity index (χ1) is 12.8. The summed E-state index contributed by atoms with van der Waals surface area (Å²) in [5, 5.41) is 0. The zero-order valence-corrected chi connectivity index (χ0v) is 16.6. The molecular formula is C20H24N2O4S. The van der Waals surface area contributed by atoms with Crippen molar-refractivity contribution in [2.24, 2.45) is 0 Å². The molecule has 0 unspecified atom stereocenters. The van der Waals surface area contributed by atoms with Crippen LogP contribution in [0.4, 0.5) is 11.4 Å². The Morgan fingerprint density at radius 3 is 2.63 bits per heavy atom. The fourth-order valence-electron chi connectivity index (χ4n) is 3.19. The van der Waals surface area contributed by atoms with Crippen LogP contribution < -0.4 is 9.62 Å². The van der Waals surface area contributed by atoms with Gasteiger partial charge in [0.25, 0.3) is 15.9 Å². The van der Waals surface area contributed by atoms with Gasteiger partial charge >= 0.3 is 0 Å². The molecule has 0 radical (unpaired) electrons. The number of aryl methyl sites for hydroxylation is 3. The van der Waals surface area contributed by atoms with Gasteiger partial charge in [-0.2, -0.15) is 0 Å². The molecule has 3 rings (SSSR count). The van der Waals surface area contributed by atoms with Crippen LogP contribution in [0.25, 0.3) is 0 Å². The highest BCUT2D eigenvalue weighted by molar-refractivity contribution is 7.92. The highest BCUT2D eigenvalue weighted by Gasteiger charge is 2.23. The maximum Gasteiger partial charge on any atom is 0.261 e. The number of methoxy groups -OCH3 is 1. The molecule has 1 amide bonds. The maximum absolute atomic E-state index is 12.7. The Morgan fingerprint density at radius 1 is 1.15 bits per heavy atom. The summed E-state index contributed by atoms with van der Waals surface area (Å²) in [5.74, 6) is -0.132. The molecule has 0 saturated carbocycles. The van der Waals surface area contributed by atoms with Gasteiger partial charge < -0.3 is 9.64 Å². The van der Waals surface area contributed by atoms with E-state index in [4.69, 9.17) is 4.74 Å². The first-order valence-electron chi connectivity index (χ1n) is 8.84. The Morgan fingerprint density at radius 2 is 1.93 bits per heavy atom. The van der Waals surface area contributed by atoms with Crippen molar-refractivity contribution in [3.63, 3.8) is 0 Å². The van der Waals surface area contributed by atoms with E-state index in [0.29, 0.717) is 12.2 Å². The molecule has 1 heterocycles. The van der Waals surface area contributed by atoms with E-state index < -0.39 is 10.0 Å². The summed E-state index contributed by atoms with van der Waals surface area (Å²) >= 11 is 0. The fraction of sp³-hybridized carbons (Fsp3) is 0.350. The average Bonchev–Trinajstić information content (AvgIpc) is 2.63. The summed E-state index contributed by atoms with van der Waals surface area (Å²) in [6.45, 7) is 4.42. The normalized spacial score (nSPS) is 14.0. The molecule has 2 aromatic carbocycles. The summed E-state index contributed by atoms with van der Waals surface area (Å²) in [4.78, 5) is 14.2. The van der Waals surface area contributed by atoms with Crippen molar-refractivity contribution in [3.8, 4) is 0 Å². The standard InChI is InChI=1S/C20H24N2O4S/c1-14-6-9-18(11-15(14)2)27(24,25)21-17-8-7-16-5-4-10-22(19(16)12-17)20(23)13-26-3/h6-9,11-12,21H,4-5,10,13H2,1-3H3. The molecule has 0 aliphatic carbocycles. The Hall–Kier alpha value is -2.38. The van der Waals surface area contributed by atoms with Gasteiger partial charge in [-0.3, -0.25) is 9.52 Å². The van der Waals surface area contributed by atoms with Gasteiger partial charge in [-0.05, 0) is 67.6 Å². The third-order valence-corrected chi connectivity index (χ3v) is 6.19. The Balaban J connectivity index is 1.91. The van der Waals surface area contributed by atoms with E-state index in [2.05, 4.69) is 4.72 Å². The lowest BCUT2D eigenvalue weighted by Gasteiger charge is -2.30. The smallest absolute Gasteiger partial charge is 0.261 e. The van der Waals surface area contributed by atoms with Crippen LogP contribution in [0, 0.1) is 13.8 Å². The van der Waals surface area contributed by atoms with Crippen LogP contribution in [0.3, 0.4) is 0 Å². The minimum Gasteiger partial charge on any atom is -0.375 e. The number of hydrogen-bond acceptors (Lipinski definition) is 4. The highest BCUT2D eigenvalue weighted by atomic mass is 32.2. The number of amides is 1.